The molecule has 0 N–H and O–H groups in total. The number of allylic oxidation sites excluding steroid dienone is 1. The van der Waals surface area contributed by atoms with Gasteiger partial charge in [0.2, 0.25) is 5.88 Å². The molecular weight excluding hydrogens is 374 g/mol. The predicted octanol–water partition coefficient (Wildman–Crippen LogP) is 5.83. The number of rotatable bonds is 8. The number of Topliss-reactive ketones (excluding diaryl/α,β-unsaturated/α-hetero) is 1. The van der Waals surface area contributed by atoms with Gasteiger partial charge in [-0.15, -0.1) is 0 Å². The molecule has 148 valence electrons. The summed E-state index contributed by atoms with van der Waals surface area (Å²) >= 11 is 6.45. The molecule has 4 nitrogen and oxygen atoms in total. The number of ketones is 1. The Bertz CT molecular complexity index is 851. The molecule has 0 amide bonds. The minimum atomic E-state index is 0.0773. The summed E-state index contributed by atoms with van der Waals surface area (Å²) in [5, 5.41) is 0.570. The summed E-state index contributed by atoms with van der Waals surface area (Å²) in [6.45, 7) is 7.27. The van der Waals surface area contributed by atoms with E-state index in [9.17, 15) is 4.79 Å². The predicted molar refractivity (Wildman–Crippen MR) is 112 cm³/mol. The first kappa shape index (κ1) is 20.6. The molecule has 0 radical (unpaired) electrons. The van der Waals surface area contributed by atoms with Crippen LogP contribution in [0.4, 0.5) is 0 Å². The van der Waals surface area contributed by atoms with Gasteiger partial charge in [0.05, 0.1) is 18.2 Å². The molecule has 0 aliphatic carbocycles. The number of carbonyl (C=O) groups is 1. The van der Waals surface area contributed by atoms with Crippen LogP contribution in [-0.2, 0) is 14.9 Å². The SMILES string of the molecule is CCC1(c2ccc(Oc3ccc(/C=C/[C@H](C)CC(C)=O)cn3)c(Cl)c2)COC1. The van der Waals surface area contributed by atoms with Gasteiger partial charge in [0.1, 0.15) is 11.5 Å². The zero-order chi connectivity index (χ0) is 20.1. The van der Waals surface area contributed by atoms with Gasteiger partial charge in [-0.05, 0) is 48.6 Å². The highest BCUT2D eigenvalue weighted by Crippen LogP contribution is 2.39. The Morgan fingerprint density at radius 2 is 2.14 bits per heavy atom. The van der Waals surface area contributed by atoms with Gasteiger partial charge in [0.25, 0.3) is 0 Å². The first-order valence-electron chi connectivity index (χ1n) is 9.61. The van der Waals surface area contributed by atoms with Crippen LogP contribution in [0.3, 0.4) is 0 Å². The summed E-state index contributed by atoms with van der Waals surface area (Å²) in [5.41, 5.74) is 2.22. The zero-order valence-corrected chi connectivity index (χ0v) is 17.3. The van der Waals surface area contributed by atoms with Gasteiger partial charge in [-0.1, -0.05) is 43.7 Å². The quantitative estimate of drug-likeness (QED) is 0.560. The third-order valence-corrected chi connectivity index (χ3v) is 5.47. The van der Waals surface area contributed by atoms with E-state index in [-0.39, 0.29) is 17.1 Å². The summed E-state index contributed by atoms with van der Waals surface area (Å²) in [6.07, 6.45) is 7.29. The normalized spacial score (nSPS) is 16.6. The molecule has 1 aliphatic heterocycles. The molecule has 0 unspecified atom stereocenters. The van der Waals surface area contributed by atoms with Crippen molar-refractivity contribution in [3.05, 3.63) is 58.8 Å². The number of ether oxygens (including phenoxy) is 2. The molecule has 1 saturated heterocycles. The minimum absolute atomic E-state index is 0.0773. The Labute approximate surface area is 171 Å². The van der Waals surface area contributed by atoms with E-state index >= 15 is 0 Å². The number of halogens is 1. The fraction of sp³-hybridized carbons (Fsp3) is 0.391. The zero-order valence-electron chi connectivity index (χ0n) is 16.6. The number of pyridine rings is 1. The highest BCUT2D eigenvalue weighted by molar-refractivity contribution is 6.32. The molecule has 1 aliphatic rings. The summed E-state index contributed by atoms with van der Waals surface area (Å²) in [4.78, 5) is 15.5. The molecule has 1 aromatic heterocycles. The lowest BCUT2D eigenvalue weighted by molar-refractivity contribution is -0.117. The van der Waals surface area contributed by atoms with Crippen molar-refractivity contribution in [3.63, 3.8) is 0 Å². The van der Waals surface area contributed by atoms with Gasteiger partial charge in [0, 0.05) is 24.1 Å². The van der Waals surface area contributed by atoms with Crippen molar-refractivity contribution in [1.29, 1.82) is 0 Å². The maximum absolute atomic E-state index is 11.1. The van der Waals surface area contributed by atoms with E-state index in [1.165, 1.54) is 5.56 Å². The fourth-order valence-corrected chi connectivity index (χ4v) is 3.52. The Morgan fingerprint density at radius 3 is 2.68 bits per heavy atom. The van der Waals surface area contributed by atoms with E-state index in [0.29, 0.717) is 23.1 Å². The van der Waals surface area contributed by atoms with Crippen LogP contribution in [0.5, 0.6) is 11.6 Å². The van der Waals surface area contributed by atoms with Gasteiger partial charge in [-0.25, -0.2) is 4.98 Å². The average Bonchev–Trinajstić information content (AvgIpc) is 2.62. The Kier molecular flexibility index (Phi) is 6.53. The maximum atomic E-state index is 11.1. The van der Waals surface area contributed by atoms with Crippen molar-refractivity contribution in [3.8, 4) is 11.6 Å². The average molecular weight is 400 g/mol. The van der Waals surface area contributed by atoms with Crippen molar-refractivity contribution in [2.24, 2.45) is 5.92 Å². The number of aromatic nitrogens is 1. The molecular formula is C23H26ClNO3. The molecule has 3 rings (SSSR count). The minimum Gasteiger partial charge on any atom is -0.437 e. The molecule has 2 heterocycles. The van der Waals surface area contributed by atoms with Crippen molar-refractivity contribution in [1.82, 2.24) is 4.98 Å². The van der Waals surface area contributed by atoms with Crippen LogP contribution < -0.4 is 4.74 Å². The molecule has 0 bridgehead atoms. The summed E-state index contributed by atoms with van der Waals surface area (Å²) < 4.78 is 11.3. The van der Waals surface area contributed by atoms with Crippen LogP contribution in [-0.4, -0.2) is 24.0 Å². The maximum Gasteiger partial charge on any atom is 0.219 e. The van der Waals surface area contributed by atoms with Crippen molar-refractivity contribution >= 4 is 23.5 Å². The van der Waals surface area contributed by atoms with Crippen LogP contribution in [0.25, 0.3) is 6.08 Å². The number of benzene rings is 1. The van der Waals surface area contributed by atoms with Crippen molar-refractivity contribution < 1.29 is 14.3 Å². The molecule has 1 atom stereocenters. The third-order valence-electron chi connectivity index (χ3n) is 5.18. The van der Waals surface area contributed by atoms with E-state index in [2.05, 4.69) is 18.0 Å². The van der Waals surface area contributed by atoms with Gasteiger partial charge in [-0.2, -0.15) is 0 Å². The van der Waals surface area contributed by atoms with Crippen LogP contribution >= 0.6 is 11.6 Å². The van der Waals surface area contributed by atoms with E-state index in [0.717, 1.165) is 25.2 Å². The summed E-state index contributed by atoms with van der Waals surface area (Å²) in [6, 6.07) is 9.66. The second-order valence-corrected chi connectivity index (χ2v) is 7.95. The van der Waals surface area contributed by atoms with E-state index < -0.39 is 0 Å². The van der Waals surface area contributed by atoms with E-state index in [1.54, 1.807) is 13.1 Å². The smallest absolute Gasteiger partial charge is 0.219 e. The number of hydrogen-bond acceptors (Lipinski definition) is 4. The van der Waals surface area contributed by atoms with Crippen LogP contribution in [0.15, 0.2) is 42.6 Å². The second kappa shape index (κ2) is 8.89. The number of carbonyl (C=O) groups excluding carboxylic acids is 1. The molecule has 28 heavy (non-hydrogen) atoms. The molecule has 1 fully saturated rings. The number of nitrogens with zero attached hydrogens (tertiary/aromatic N) is 1. The lowest BCUT2D eigenvalue weighted by Crippen LogP contribution is -2.46. The molecule has 2 aromatic rings. The molecule has 0 spiro atoms. The van der Waals surface area contributed by atoms with E-state index in [4.69, 9.17) is 21.1 Å². The lowest BCUT2D eigenvalue weighted by atomic mass is 9.76. The van der Waals surface area contributed by atoms with Gasteiger partial charge >= 0.3 is 0 Å². The first-order valence-corrected chi connectivity index (χ1v) is 9.99. The fourth-order valence-electron chi connectivity index (χ4n) is 3.30. The summed E-state index contributed by atoms with van der Waals surface area (Å²) in [5.74, 6) is 1.47. The van der Waals surface area contributed by atoms with Gasteiger partial charge in [0.15, 0.2) is 0 Å². The lowest BCUT2D eigenvalue weighted by Gasteiger charge is -2.41. The van der Waals surface area contributed by atoms with Crippen LogP contribution in [0.2, 0.25) is 5.02 Å². The largest absolute Gasteiger partial charge is 0.437 e. The number of hydrogen-bond donors (Lipinski definition) is 0. The Hall–Kier alpha value is -2.17. The topological polar surface area (TPSA) is 48.4 Å². The van der Waals surface area contributed by atoms with Crippen molar-refractivity contribution in [2.45, 2.75) is 39.0 Å². The molecule has 1 aromatic carbocycles. The Morgan fingerprint density at radius 1 is 1.36 bits per heavy atom. The second-order valence-electron chi connectivity index (χ2n) is 7.55. The molecule has 5 heteroatoms. The van der Waals surface area contributed by atoms with Gasteiger partial charge in [-0.3, -0.25) is 0 Å². The van der Waals surface area contributed by atoms with E-state index in [1.807, 2.05) is 43.3 Å². The molecule has 0 saturated carbocycles. The summed E-state index contributed by atoms with van der Waals surface area (Å²) in [7, 11) is 0. The first-order chi connectivity index (χ1) is 13.4. The monoisotopic (exact) mass is 399 g/mol. The highest BCUT2D eigenvalue weighted by Gasteiger charge is 2.38. The third kappa shape index (κ3) is 4.81. The standard InChI is InChI=1S/C23H26ClNO3/c1-4-23(14-27-15-23)19-8-9-21(20(24)12-19)28-22-10-7-18(13-25-22)6-5-16(2)11-17(3)26/h5-10,12-13,16H,4,11,14-15H2,1-3H3/b6-5+/t16-/m0/s1. The highest BCUT2D eigenvalue weighted by atomic mass is 35.5. The van der Waals surface area contributed by atoms with Crippen LogP contribution in [0, 0.1) is 5.92 Å². The van der Waals surface area contributed by atoms with Gasteiger partial charge < -0.3 is 14.3 Å². The van der Waals surface area contributed by atoms with Crippen LogP contribution in [0.1, 0.15) is 44.7 Å². The Balaban J connectivity index is 1.65. The van der Waals surface area contributed by atoms with Crippen molar-refractivity contribution in [2.75, 3.05) is 13.2 Å².